The van der Waals surface area contributed by atoms with Crippen LogP contribution in [0.25, 0.3) is 0 Å². The molecule has 11 heteroatoms. The fourth-order valence-electron chi connectivity index (χ4n) is 3.16. The van der Waals surface area contributed by atoms with E-state index >= 15 is 0 Å². The Balaban J connectivity index is 1.79. The summed E-state index contributed by atoms with van der Waals surface area (Å²) in [5, 5.41) is 11.1. The quantitative estimate of drug-likeness (QED) is 0.501. The van der Waals surface area contributed by atoms with E-state index in [2.05, 4.69) is 0 Å². The monoisotopic (exact) mass is 441 g/mol. The van der Waals surface area contributed by atoms with Crippen LogP contribution in [0.3, 0.4) is 0 Å². The Labute approximate surface area is 173 Å². The molecule has 156 valence electrons. The van der Waals surface area contributed by atoms with Gasteiger partial charge in [0.25, 0.3) is 5.69 Å². The number of hydrogen-bond donors (Lipinski definition) is 0. The lowest BCUT2D eigenvalue weighted by atomic mass is 10.2. The zero-order valence-corrected chi connectivity index (χ0v) is 17.4. The van der Waals surface area contributed by atoms with E-state index < -0.39 is 14.9 Å². The molecule has 0 spiro atoms. The van der Waals surface area contributed by atoms with Crippen molar-refractivity contribution in [3.63, 3.8) is 0 Å². The Hall–Kier alpha value is -2.56. The van der Waals surface area contributed by atoms with Crippen LogP contribution in [0.15, 0.2) is 41.3 Å². The number of non-ortho nitro benzene ring substituents is 1. The van der Waals surface area contributed by atoms with Crippen molar-refractivity contribution in [2.75, 3.05) is 45.3 Å². The molecule has 29 heavy (non-hydrogen) atoms. The van der Waals surface area contributed by atoms with Gasteiger partial charge in [-0.25, -0.2) is 8.42 Å². The SMILES string of the molecule is COc1ccc(OC)c(S(=O)(=O)N2CCN(c3ccc([N+](=O)[O-])cc3Cl)CC2)c1. The Morgan fingerprint density at radius 1 is 1.03 bits per heavy atom. The number of methoxy groups -OCH3 is 2. The molecule has 0 atom stereocenters. The molecular weight excluding hydrogens is 422 g/mol. The number of nitrogens with zero attached hydrogens (tertiary/aromatic N) is 3. The summed E-state index contributed by atoms with van der Waals surface area (Å²) < 4.78 is 38.0. The molecule has 1 aliphatic heterocycles. The van der Waals surface area contributed by atoms with Crippen LogP contribution < -0.4 is 14.4 Å². The highest BCUT2D eigenvalue weighted by Crippen LogP contribution is 2.33. The summed E-state index contributed by atoms with van der Waals surface area (Å²) in [5.74, 6) is 0.660. The zero-order valence-electron chi connectivity index (χ0n) is 15.9. The lowest BCUT2D eigenvalue weighted by Gasteiger charge is -2.35. The lowest BCUT2D eigenvalue weighted by molar-refractivity contribution is -0.384. The second kappa shape index (κ2) is 8.44. The van der Waals surface area contributed by atoms with E-state index in [1.165, 1.54) is 36.7 Å². The summed E-state index contributed by atoms with van der Waals surface area (Å²) >= 11 is 6.19. The molecule has 0 aromatic heterocycles. The summed E-state index contributed by atoms with van der Waals surface area (Å²) in [6.07, 6.45) is 0. The van der Waals surface area contributed by atoms with Gasteiger partial charge in [-0.15, -0.1) is 0 Å². The van der Waals surface area contributed by atoms with Crippen LogP contribution in [0.2, 0.25) is 5.02 Å². The topological polar surface area (TPSA) is 102 Å². The van der Waals surface area contributed by atoms with E-state index in [4.69, 9.17) is 21.1 Å². The van der Waals surface area contributed by atoms with Crippen LogP contribution in [0, 0.1) is 10.1 Å². The molecule has 0 amide bonds. The van der Waals surface area contributed by atoms with Crippen molar-refractivity contribution in [1.29, 1.82) is 0 Å². The molecule has 0 aliphatic carbocycles. The molecule has 0 bridgehead atoms. The van der Waals surface area contributed by atoms with Gasteiger partial charge in [0.15, 0.2) is 0 Å². The fraction of sp³-hybridized carbons (Fsp3) is 0.333. The fourth-order valence-corrected chi connectivity index (χ4v) is 5.05. The number of benzene rings is 2. The summed E-state index contributed by atoms with van der Waals surface area (Å²) in [6, 6.07) is 8.88. The van der Waals surface area contributed by atoms with Gasteiger partial charge in [0.05, 0.1) is 29.9 Å². The van der Waals surface area contributed by atoms with E-state index in [1.54, 1.807) is 18.2 Å². The Bertz CT molecular complexity index is 1020. The van der Waals surface area contributed by atoms with Gasteiger partial charge >= 0.3 is 0 Å². The van der Waals surface area contributed by atoms with E-state index in [0.717, 1.165) is 0 Å². The third-order valence-corrected chi connectivity index (χ3v) is 6.93. The van der Waals surface area contributed by atoms with Gasteiger partial charge in [-0.05, 0) is 18.2 Å². The van der Waals surface area contributed by atoms with Gasteiger partial charge in [-0.2, -0.15) is 4.31 Å². The average molecular weight is 442 g/mol. The van der Waals surface area contributed by atoms with Gasteiger partial charge in [0.1, 0.15) is 16.4 Å². The molecule has 0 radical (unpaired) electrons. The first-order valence-corrected chi connectivity index (χ1v) is 10.5. The number of halogens is 1. The van der Waals surface area contributed by atoms with Gasteiger partial charge in [-0.1, -0.05) is 11.6 Å². The first kappa shape index (κ1) is 21.2. The summed E-state index contributed by atoms with van der Waals surface area (Å²) in [5.41, 5.74) is 0.540. The number of sulfonamides is 1. The summed E-state index contributed by atoms with van der Waals surface area (Å²) in [6.45, 7) is 1.25. The van der Waals surface area contributed by atoms with E-state index in [1.807, 2.05) is 4.90 Å². The maximum Gasteiger partial charge on any atom is 0.271 e. The van der Waals surface area contributed by atoms with Gasteiger partial charge in [0, 0.05) is 44.4 Å². The average Bonchev–Trinajstić information content (AvgIpc) is 2.73. The highest BCUT2D eigenvalue weighted by atomic mass is 35.5. The molecule has 2 aromatic rings. The molecule has 1 heterocycles. The lowest BCUT2D eigenvalue weighted by Crippen LogP contribution is -2.48. The number of piperazine rings is 1. The Morgan fingerprint density at radius 3 is 2.28 bits per heavy atom. The van der Waals surface area contributed by atoms with Crippen molar-refractivity contribution in [3.8, 4) is 11.5 Å². The molecule has 0 unspecified atom stereocenters. The minimum Gasteiger partial charge on any atom is -0.497 e. The maximum atomic E-state index is 13.1. The van der Waals surface area contributed by atoms with E-state index in [0.29, 0.717) is 24.5 Å². The standard InChI is InChI=1S/C18H20ClN3O6S/c1-27-14-4-6-17(28-2)18(12-14)29(25,26)21-9-7-20(8-10-21)16-5-3-13(22(23)24)11-15(16)19/h3-6,11-12H,7-10H2,1-2H3. The normalized spacial score (nSPS) is 15.2. The van der Waals surface area contributed by atoms with Crippen LogP contribution in [0.1, 0.15) is 0 Å². The number of nitro benzene ring substituents is 1. The van der Waals surface area contributed by atoms with Crippen molar-refractivity contribution in [1.82, 2.24) is 4.31 Å². The van der Waals surface area contributed by atoms with Crippen LogP contribution in [-0.4, -0.2) is 58.0 Å². The van der Waals surface area contributed by atoms with Gasteiger partial charge in [0.2, 0.25) is 10.0 Å². The number of rotatable bonds is 6. The Kier molecular flexibility index (Phi) is 6.15. The van der Waals surface area contributed by atoms with Crippen LogP contribution in [-0.2, 0) is 10.0 Å². The summed E-state index contributed by atoms with van der Waals surface area (Å²) in [4.78, 5) is 12.3. The molecule has 0 saturated carbocycles. The van der Waals surface area contributed by atoms with E-state index in [9.17, 15) is 18.5 Å². The number of hydrogen-bond acceptors (Lipinski definition) is 7. The molecule has 0 N–H and O–H groups in total. The first-order valence-electron chi connectivity index (χ1n) is 8.69. The van der Waals surface area contributed by atoms with Crippen LogP contribution in [0.4, 0.5) is 11.4 Å². The maximum absolute atomic E-state index is 13.1. The van der Waals surface area contributed by atoms with Gasteiger partial charge < -0.3 is 14.4 Å². The van der Waals surface area contributed by atoms with Crippen LogP contribution >= 0.6 is 11.6 Å². The predicted molar refractivity (Wildman–Crippen MR) is 109 cm³/mol. The second-order valence-electron chi connectivity index (χ2n) is 6.30. The van der Waals surface area contributed by atoms with Crippen molar-refractivity contribution in [3.05, 3.63) is 51.5 Å². The molecule has 2 aromatic carbocycles. The molecule has 3 rings (SSSR count). The number of anilines is 1. The molecule has 9 nitrogen and oxygen atoms in total. The van der Waals surface area contributed by atoms with Crippen molar-refractivity contribution in [2.45, 2.75) is 4.90 Å². The highest BCUT2D eigenvalue weighted by Gasteiger charge is 2.32. The second-order valence-corrected chi connectivity index (χ2v) is 8.61. The predicted octanol–water partition coefficient (Wildman–Crippen LogP) is 2.78. The first-order chi connectivity index (χ1) is 13.8. The van der Waals surface area contributed by atoms with Crippen LogP contribution in [0.5, 0.6) is 11.5 Å². The van der Waals surface area contributed by atoms with Crippen molar-refractivity contribution < 1.29 is 22.8 Å². The highest BCUT2D eigenvalue weighted by molar-refractivity contribution is 7.89. The molecule has 1 saturated heterocycles. The smallest absolute Gasteiger partial charge is 0.271 e. The number of ether oxygens (including phenoxy) is 2. The molecule has 1 aliphatic rings. The van der Waals surface area contributed by atoms with Crippen molar-refractivity contribution in [2.24, 2.45) is 0 Å². The minimum absolute atomic E-state index is 0.0427. The molecular formula is C18H20ClN3O6S. The largest absolute Gasteiger partial charge is 0.497 e. The minimum atomic E-state index is -3.79. The molecule has 1 fully saturated rings. The van der Waals surface area contributed by atoms with Crippen molar-refractivity contribution >= 4 is 33.0 Å². The summed E-state index contributed by atoms with van der Waals surface area (Å²) in [7, 11) is -0.916. The zero-order chi connectivity index (χ0) is 21.2. The van der Waals surface area contributed by atoms with Gasteiger partial charge in [-0.3, -0.25) is 10.1 Å². The number of nitro groups is 1. The Morgan fingerprint density at radius 2 is 1.72 bits per heavy atom. The van der Waals surface area contributed by atoms with E-state index in [-0.39, 0.29) is 34.4 Å². The third-order valence-electron chi connectivity index (χ3n) is 4.71. The third kappa shape index (κ3) is 4.24.